The number of aliphatic carboxylic acids is 1. The summed E-state index contributed by atoms with van der Waals surface area (Å²) in [5.41, 5.74) is 4.76. The van der Waals surface area contributed by atoms with E-state index in [9.17, 15) is 4.79 Å². The van der Waals surface area contributed by atoms with Crippen molar-refractivity contribution >= 4 is 39.1 Å². The molecule has 0 saturated heterocycles. The third-order valence-electron chi connectivity index (χ3n) is 4.47. The summed E-state index contributed by atoms with van der Waals surface area (Å²) >= 11 is 0. The molecule has 1 heterocycles. The third-order valence-corrected chi connectivity index (χ3v) is 4.47. The van der Waals surface area contributed by atoms with E-state index in [0.717, 1.165) is 38.7 Å². The van der Waals surface area contributed by atoms with Gasteiger partial charge in [-0.2, -0.15) is 0 Å². The molecule has 0 amide bonds. The van der Waals surface area contributed by atoms with E-state index in [0.29, 0.717) is 6.42 Å². The molecule has 4 aromatic rings. The van der Waals surface area contributed by atoms with Gasteiger partial charge < -0.3 is 10.4 Å². The molecule has 4 nitrogen and oxygen atoms in total. The first-order valence-electron chi connectivity index (χ1n) is 8.56. The molecule has 0 aliphatic carbocycles. The van der Waals surface area contributed by atoms with Crippen LogP contribution in [0.5, 0.6) is 0 Å². The number of rotatable bonds is 5. The number of nitrogens with zero attached hydrogens (tertiary/aromatic N) is 1. The lowest BCUT2D eigenvalue weighted by Crippen LogP contribution is -2.02. The maximum absolute atomic E-state index is 11.0. The topological polar surface area (TPSA) is 62.2 Å². The number of fused-ring (bicyclic) bond motifs is 2. The normalized spacial score (nSPS) is 10.9. The molecular weight excluding hydrogens is 324 g/mol. The van der Waals surface area contributed by atoms with Gasteiger partial charge >= 0.3 is 5.97 Å². The number of para-hydroxylation sites is 3. The van der Waals surface area contributed by atoms with E-state index in [4.69, 9.17) is 10.1 Å². The minimum atomic E-state index is -0.792. The van der Waals surface area contributed by atoms with Crippen molar-refractivity contribution in [1.82, 2.24) is 4.98 Å². The van der Waals surface area contributed by atoms with Crippen LogP contribution in [0.1, 0.15) is 12.0 Å². The molecule has 0 spiro atoms. The number of carbonyl (C=O) groups is 1. The first-order valence-corrected chi connectivity index (χ1v) is 8.56. The lowest BCUT2D eigenvalue weighted by atomic mass is 10.0. The van der Waals surface area contributed by atoms with Crippen molar-refractivity contribution in [1.29, 1.82) is 0 Å². The average Bonchev–Trinajstić information content (AvgIpc) is 2.67. The Morgan fingerprint density at radius 3 is 2.08 bits per heavy atom. The number of nitrogens with one attached hydrogen (secondary N) is 1. The number of carboxylic acid groups (broad SMARTS) is 1. The Hall–Kier alpha value is -3.40. The smallest absolute Gasteiger partial charge is 0.303 e. The van der Waals surface area contributed by atoms with Gasteiger partial charge in [-0.05, 0) is 30.2 Å². The van der Waals surface area contributed by atoms with Crippen molar-refractivity contribution in [2.75, 3.05) is 5.32 Å². The van der Waals surface area contributed by atoms with Crippen LogP contribution in [0.15, 0.2) is 72.8 Å². The highest BCUT2D eigenvalue weighted by Crippen LogP contribution is 2.34. The van der Waals surface area contributed by atoms with Crippen molar-refractivity contribution in [2.24, 2.45) is 0 Å². The van der Waals surface area contributed by atoms with Gasteiger partial charge in [-0.15, -0.1) is 0 Å². The second-order valence-electron chi connectivity index (χ2n) is 6.20. The van der Waals surface area contributed by atoms with Crippen LogP contribution in [0.3, 0.4) is 0 Å². The van der Waals surface area contributed by atoms with Crippen LogP contribution in [-0.2, 0) is 11.2 Å². The summed E-state index contributed by atoms with van der Waals surface area (Å²) in [4.78, 5) is 15.7. The van der Waals surface area contributed by atoms with Crippen LogP contribution < -0.4 is 5.32 Å². The zero-order valence-corrected chi connectivity index (χ0v) is 14.1. The lowest BCUT2D eigenvalue weighted by Gasteiger charge is -2.16. The van der Waals surface area contributed by atoms with Gasteiger partial charge in [-0.25, -0.2) is 4.98 Å². The monoisotopic (exact) mass is 342 g/mol. The minimum Gasteiger partial charge on any atom is -0.481 e. The molecule has 0 aliphatic rings. The molecule has 4 rings (SSSR count). The van der Waals surface area contributed by atoms with E-state index in [-0.39, 0.29) is 6.42 Å². The average molecular weight is 342 g/mol. The summed E-state index contributed by atoms with van der Waals surface area (Å²) in [5, 5.41) is 14.6. The van der Waals surface area contributed by atoms with Gasteiger partial charge in [-0.1, -0.05) is 54.6 Å². The first-order chi connectivity index (χ1) is 12.7. The molecule has 1 aromatic heterocycles. The van der Waals surface area contributed by atoms with Crippen LogP contribution in [-0.4, -0.2) is 16.1 Å². The summed E-state index contributed by atoms with van der Waals surface area (Å²) in [7, 11) is 0. The predicted molar refractivity (Wildman–Crippen MR) is 105 cm³/mol. The van der Waals surface area contributed by atoms with Crippen LogP contribution in [0, 0.1) is 0 Å². The maximum atomic E-state index is 11.0. The van der Waals surface area contributed by atoms with Crippen LogP contribution in [0.4, 0.5) is 11.4 Å². The summed E-state index contributed by atoms with van der Waals surface area (Å²) in [6, 6.07) is 23.9. The summed E-state index contributed by atoms with van der Waals surface area (Å²) in [6.45, 7) is 0. The van der Waals surface area contributed by atoms with Crippen LogP contribution in [0.25, 0.3) is 21.8 Å². The highest BCUT2D eigenvalue weighted by atomic mass is 16.4. The molecule has 0 fully saturated rings. The molecule has 3 aromatic carbocycles. The SMILES string of the molecule is O=C(O)CCc1ccccc1Nc1c2ccccc2nc2ccccc12. The zero-order valence-electron chi connectivity index (χ0n) is 14.1. The van der Waals surface area contributed by atoms with E-state index in [1.165, 1.54) is 0 Å². The van der Waals surface area contributed by atoms with E-state index >= 15 is 0 Å². The summed E-state index contributed by atoms with van der Waals surface area (Å²) < 4.78 is 0. The van der Waals surface area contributed by atoms with E-state index in [1.54, 1.807) is 0 Å². The Kier molecular flexibility index (Phi) is 4.23. The molecule has 26 heavy (non-hydrogen) atoms. The predicted octanol–water partition coefficient (Wildman–Crippen LogP) is 5.15. The Labute approximate surface area is 151 Å². The largest absolute Gasteiger partial charge is 0.481 e. The fourth-order valence-electron chi connectivity index (χ4n) is 3.21. The highest BCUT2D eigenvalue weighted by molar-refractivity contribution is 6.08. The third kappa shape index (κ3) is 3.09. The fraction of sp³-hybridized carbons (Fsp3) is 0.0909. The number of anilines is 2. The van der Waals surface area contributed by atoms with E-state index in [2.05, 4.69) is 17.4 Å². The van der Waals surface area contributed by atoms with Crippen LogP contribution in [0.2, 0.25) is 0 Å². The van der Waals surface area contributed by atoms with Gasteiger partial charge in [0.2, 0.25) is 0 Å². The van der Waals surface area contributed by atoms with Gasteiger partial charge in [0.05, 0.1) is 16.7 Å². The molecule has 0 bridgehead atoms. The minimum absolute atomic E-state index is 0.108. The molecular formula is C22H18N2O2. The van der Waals surface area contributed by atoms with Gasteiger partial charge in [-0.3, -0.25) is 4.79 Å². The van der Waals surface area contributed by atoms with Gasteiger partial charge in [0.15, 0.2) is 0 Å². The molecule has 0 atom stereocenters. The van der Waals surface area contributed by atoms with Crippen molar-refractivity contribution in [3.8, 4) is 0 Å². The quantitative estimate of drug-likeness (QED) is 0.492. The summed E-state index contributed by atoms with van der Waals surface area (Å²) in [6.07, 6.45) is 0.593. The van der Waals surface area contributed by atoms with Crippen molar-refractivity contribution in [3.05, 3.63) is 78.4 Å². The highest BCUT2D eigenvalue weighted by Gasteiger charge is 2.11. The van der Waals surface area contributed by atoms with E-state index in [1.807, 2.05) is 60.7 Å². The lowest BCUT2D eigenvalue weighted by molar-refractivity contribution is -0.136. The second-order valence-corrected chi connectivity index (χ2v) is 6.20. The standard InChI is InChI=1S/C22H18N2O2/c25-21(26)14-13-15-7-1-4-10-18(15)24-22-16-8-2-5-11-19(16)23-20-12-6-3-9-17(20)22/h1-12H,13-14H2,(H,23,24)(H,25,26). The Balaban J connectivity index is 1.86. The van der Waals surface area contributed by atoms with E-state index < -0.39 is 5.97 Å². The van der Waals surface area contributed by atoms with Crippen molar-refractivity contribution < 1.29 is 9.90 Å². The zero-order chi connectivity index (χ0) is 17.9. The molecule has 0 radical (unpaired) electrons. The Bertz CT molecular complexity index is 1050. The fourth-order valence-corrected chi connectivity index (χ4v) is 3.21. The van der Waals surface area contributed by atoms with Crippen LogP contribution >= 0.6 is 0 Å². The summed E-state index contributed by atoms with van der Waals surface area (Å²) in [5.74, 6) is -0.792. The van der Waals surface area contributed by atoms with Gasteiger partial charge in [0, 0.05) is 22.9 Å². The van der Waals surface area contributed by atoms with Crippen molar-refractivity contribution in [3.63, 3.8) is 0 Å². The molecule has 0 unspecified atom stereocenters. The second kappa shape index (κ2) is 6.84. The van der Waals surface area contributed by atoms with Gasteiger partial charge in [0.1, 0.15) is 0 Å². The Morgan fingerprint density at radius 1 is 0.846 bits per heavy atom. The number of aromatic nitrogens is 1. The molecule has 0 saturated carbocycles. The molecule has 128 valence electrons. The number of aryl methyl sites for hydroxylation is 1. The molecule has 4 heteroatoms. The number of carboxylic acids is 1. The molecule has 0 aliphatic heterocycles. The number of hydrogen-bond donors (Lipinski definition) is 2. The van der Waals surface area contributed by atoms with Crippen molar-refractivity contribution in [2.45, 2.75) is 12.8 Å². The number of benzene rings is 3. The molecule has 2 N–H and O–H groups in total. The first kappa shape index (κ1) is 16.1. The number of hydrogen-bond acceptors (Lipinski definition) is 3. The van der Waals surface area contributed by atoms with Gasteiger partial charge in [0.25, 0.3) is 0 Å². The maximum Gasteiger partial charge on any atom is 0.303 e. The number of pyridine rings is 1. The Morgan fingerprint density at radius 2 is 1.42 bits per heavy atom.